The van der Waals surface area contributed by atoms with Crippen LogP contribution in [0, 0.1) is 12.3 Å². The highest BCUT2D eigenvalue weighted by atomic mass is 16.7. The molecule has 0 spiro atoms. The molecule has 3 N–H and O–H groups in total. The number of rotatable bonds is 4. The molecule has 5 nitrogen and oxygen atoms in total. The zero-order chi connectivity index (χ0) is 13.0. The van der Waals surface area contributed by atoms with Crippen LogP contribution in [0.15, 0.2) is 18.2 Å². The van der Waals surface area contributed by atoms with Crippen molar-refractivity contribution in [3.8, 4) is 23.8 Å². The molecule has 5 heteroatoms. The van der Waals surface area contributed by atoms with Gasteiger partial charge in [-0.25, -0.2) is 0 Å². The summed E-state index contributed by atoms with van der Waals surface area (Å²) in [7, 11) is 0. The molecule has 1 amide bonds. The molecule has 2 rings (SSSR count). The van der Waals surface area contributed by atoms with E-state index in [1.807, 2.05) is 18.2 Å². The average molecular weight is 246 g/mol. The molecule has 0 bridgehead atoms. The number of nitrogens with two attached hydrogens (primary N) is 1. The van der Waals surface area contributed by atoms with Gasteiger partial charge in [0.1, 0.15) is 0 Å². The summed E-state index contributed by atoms with van der Waals surface area (Å²) < 4.78 is 10.6. The molecule has 1 heterocycles. The topological polar surface area (TPSA) is 73.6 Å². The molecule has 18 heavy (non-hydrogen) atoms. The summed E-state index contributed by atoms with van der Waals surface area (Å²) in [6.45, 7) is 0.542. The van der Waals surface area contributed by atoms with Gasteiger partial charge in [-0.15, -0.1) is 12.3 Å². The molecular weight excluding hydrogens is 232 g/mol. The molecule has 1 atom stereocenters. The van der Waals surface area contributed by atoms with Gasteiger partial charge in [-0.2, -0.15) is 0 Å². The molecule has 1 aromatic rings. The molecule has 0 fully saturated rings. The Labute approximate surface area is 105 Å². The first-order valence-electron chi connectivity index (χ1n) is 5.56. The van der Waals surface area contributed by atoms with Gasteiger partial charge in [0.15, 0.2) is 11.5 Å². The van der Waals surface area contributed by atoms with Gasteiger partial charge in [-0.1, -0.05) is 12.1 Å². The molecule has 0 aliphatic carbocycles. The van der Waals surface area contributed by atoms with E-state index in [4.69, 9.17) is 21.6 Å². The SMILES string of the molecule is C#CCC(N)C(=O)NCc1cccc2c1OCO2. The number of para-hydroxylation sites is 1. The second-order valence-electron chi connectivity index (χ2n) is 3.88. The Morgan fingerprint density at radius 2 is 2.39 bits per heavy atom. The third-order valence-corrected chi connectivity index (χ3v) is 2.61. The number of terminal acetylenes is 1. The van der Waals surface area contributed by atoms with Crippen molar-refractivity contribution in [2.75, 3.05) is 6.79 Å². The van der Waals surface area contributed by atoms with E-state index in [1.165, 1.54) is 0 Å². The highest BCUT2D eigenvalue weighted by Crippen LogP contribution is 2.35. The van der Waals surface area contributed by atoms with Crippen LogP contribution in [0.1, 0.15) is 12.0 Å². The van der Waals surface area contributed by atoms with E-state index >= 15 is 0 Å². The molecule has 0 saturated carbocycles. The van der Waals surface area contributed by atoms with Crippen LogP contribution in [0.5, 0.6) is 11.5 Å². The summed E-state index contributed by atoms with van der Waals surface area (Å²) in [5.41, 5.74) is 6.45. The van der Waals surface area contributed by atoms with Crippen molar-refractivity contribution in [1.29, 1.82) is 0 Å². The van der Waals surface area contributed by atoms with Gasteiger partial charge in [0.25, 0.3) is 0 Å². The fraction of sp³-hybridized carbons (Fsp3) is 0.308. The van der Waals surface area contributed by atoms with Crippen molar-refractivity contribution in [2.45, 2.75) is 19.0 Å². The van der Waals surface area contributed by atoms with Crippen LogP contribution >= 0.6 is 0 Å². The molecule has 1 aliphatic heterocycles. The third kappa shape index (κ3) is 2.55. The second-order valence-corrected chi connectivity index (χ2v) is 3.88. The minimum Gasteiger partial charge on any atom is -0.454 e. The van der Waals surface area contributed by atoms with E-state index in [1.54, 1.807) is 0 Å². The zero-order valence-electron chi connectivity index (χ0n) is 9.81. The predicted octanol–water partition coefficient (Wildman–Crippen LogP) is 0.382. The Morgan fingerprint density at radius 3 is 3.17 bits per heavy atom. The van der Waals surface area contributed by atoms with Gasteiger partial charge < -0.3 is 20.5 Å². The predicted molar refractivity (Wildman–Crippen MR) is 65.8 cm³/mol. The smallest absolute Gasteiger partial charge is 0.238 e. The molecule has 1 unspecified atom stereocenters. The van der Waals surface area contributed by atoms with Gasteiger partial charge in [-0.05, 0) is 6.07 Å². The summed E-state index contributed by atoms with van der Waals surface area (Å²) in [6.07, 6.45) is 5.32. The van der Waals surface area contributed by atoms with Gasteiger partial charge >= 0.3 is 0 Å². The Bertz CT molecular complexity index is 493. The first-order valence-corrected chi connectivity index (χ1v) is 5.56. The number of carbonyl (C=O) groups is 1. The number of carbonyl (C=O) groups excluding carboxylic acids is 1. The first kappa shape index (κ1) is 12.3. The maximum Gasteiger partial charge on any atom is 0.238 e. The van der Waals surface area contributed by atoms with Crippen LogP contribution in [-0.2, 0) is 11.3 Å². The average Bonchev–Trinajstić information content (AvgIpc) is 2.84. The van der Waals surface area contributed by atoms with E-state index < -0.39 is 6.04 Å². The van der Waals surface area contributed by atoms with E-state index in [0.717, 1.165) is 5.56 Å². The fourth-order valence-electron chi connectivity index (χ4n) is 1.66. The lowest BCUT2D eigenvalue weighted by Crippen LogP contribution is -2.39. The number of ether oxygens (including phenoxy) is 2. The first-order chi connectivity index (χ1) is 8.72. The number of fused-ring (bicyclic) bond motifs is 1. The molecule has 0 radical (unpaired) electrons. The summed E-state index contributed by atoms with van der Waals surface area (Å²) in [4.78, 5) is 11.6. The highest BCUT2D eigenvalue weighted by molar-refractivity contribution is 5.81. The maximum atomic E-state index is 11.6. The Balaban J connectivity index is 1.97. The van der Waals surface area contributed by atoms with Crippen LogP contribution in [0.3, 0.4) is 0 Å². The fourth-order valence-corrected chi connectivity index (χ4v) is 1.66. The van der Waals surface area contributed by atoms with E-state index in [-0.39, 0.29) is 19.1 Å². The Morgan fingerprint density at radius 1 is 1.56 bits per heavy atom. The minimum atomic E-state index is -0.677. The normalized spacial score (nSPS) is 13.8. The molecule has 0 saturated heterocycles. The van der Waals surface area contributed by atoms with Crippen molar-refractivity contribution < 1.29 is 14.3 Å². The quantitative estimate of drug-likeness (QED) is 0.753. The molecule has 1 aromatic carbocycles. The van der Waals surface area contributed by atoms with Gasteiger partial charge in [-0.3, -0.25) is 4.79 Å². The lowest BCUT2D eigenvalue weighted by Gasteiger charge is -2.10. The van der Waals surface area contributed by atoms with Crippen molar-refractivity contribution in [2.24, 2.45) is 5.73 Å². The summed E-state index contributed by atoms with van der Waals surface area (Å²) in [6, 6.07) is 4.85. The number of hydrogen-bond donors (Lipinski definition) is 2. The van der Waals surface area contributed by atoms with E-state index in [0.29, 0.717) is 18.0 Å². The molecular formula is C13H14N2O3. The van der Waals surface area contributed by atoms with Crippen LogP contribution in [0.2, 0.25) is 0 Å². The number of nitrogens with one attached hydrogen (secondary N) is 1. The molecule has 0 aromatic heterocycles. The summed E-state index contributed by atoms with van der Waals surface area (Å²) in [5, 5.41) is 2.72. The van der Waals surface area contributed by atoms with E-state index in [9.17, 15) is 4.79 Å². The second kappa shape index (κ2) is 5.43. The van der Waals surface area contributed by atoms with Gasteiger partial charge in [0.2, 0.25) is 12.7 Å². The monoisotopic (exact) mass is 246 g/mol. The number of hydrogen-bond acceptors (Lipinski definition) is 4. The van der Waals surface area contributed by atoms with Crippen LogP contribution in [0.4, 0.5) is 0 Å². The number of amides is 1. The minimum absolute atomic E-state index is 0.205. The van der Waals surface area contributed by atoms with Crippen LogP contribution in [-0.4, -0.2) is 18.7 Å². The van der Waals surface area contributed by atoms with Crippen LogP contribution < -0.4 is 20.5 Å². The lowest BCUT2D eigenvalue weighted by atomic mass is 10.1. The van der Waals surface area contributed by atoms with Crippen molar-refractivity contribution in [3.05, 3.63) is 23.8 Å². The van der Waals surface area contributed by atoms with Crippen molar-refractivity contribution in [3.63, 3.8) is 0 Å². The van der Waals surface area contributed by atoms with E-state index in [2.05, 4.69) is 11.2 Å². The van der Waals surface area contributed by atoms with Gasteiger partial charge in [0.05, 0.1) is 6.04 Å². The summed E-state index contributed by atoms with van der Waals surface area (Å²) in [5.74, 6) is 3.44. The lowest BCUT2D eigenvalue weighted by molar-refractivity contribution is -0.122. The molecule has 1 aliphatic rings. The molecule has 94 valence electrons. The third-order valence-electron chi connectivity index (χ3n) is 2.61. The summed E-state index contributed by atoms with van der Waals surface area (Å²) >= 11 is 0. The largest absolute Gasteiger partial charge is 0.454 e. The standard InChI is InChI=1S/C13H14N2O3/c1-2-4-10(14)13(16)15-7-9-5-3-6-11-12(9)18-8-17-11/h1,3,5-6,10H,4,7-8,14H2,(H,15,16). The number of benzene rings is 1. The maximum absolute atomic E-state index is 11.6. The van der Waals surface area contributed by atoms with Crippen LogP contribution in [0.25, 0.3) is 0 Å². The van der Waals surface area contributed by atoms with Gasteiger partial charge in [0, 0.05) is 18.5 Å². The zero-order valence-corrected chi connectivity index (χ0v) is 9.81. The Hall–Kier alpha value is -2.19. The highest BCUT2D eigenvalue weighted by Gasteiger charge is 2.18. The van der Waals surface area contributed by atoms with Crippen molar-refractivity contribution >= 4 is 5.91 Å². The Kier molecular flexibility index (Phi) is 3.70. The van der Waals surface area contributed by atoms with Crippen molar-refractivity contribution in [1.82, 2.24) is 5.32 Å².